The van der Waals surface area contributed by atoms with Gasteiger partial charge in [0.1, 0.15) is 0 Å². The van der Waals surface area contributed by atoms with Crippen LogP contribution in [0.5, 0.6) is 0 Å². The molecule has 6 nitrogen and oxygen atoms in total. The summed E-state index contributed by atoms with van der Waals surface area (Å²) < 4.78 is 59.5. The third-order valence-corrected chi connectivity index (χ3v) is 3.99. The van der Waals surface area contributed by atoms with Crippen molar-refractivity contribution in [2.24, 2.45) is 0 Å². The average molecular weight is 259 g/mol. The highest BCUT2D eigenvalue weighted by atomic mass is 32.2. The lowest BCUT2D eigenvalue weighted by molar-refractivity contribution is 0.450. The van der Waals surface area contributed by atoms with Crippen LogP contribution in [0, 0.1) is 6.92 Å². The predicted molar refractivity (Wildman–Crippen MR) is 55.6 cm³/mol. The second-order valence-electron chi connectivity index (χ2n) is 3.21. The Morgan fingerprint density at radius 1 is 1.07 bits per heavy atom. The van der Waals surface area contributed by atoms with E-state index < -0.39 is 31.2 Å². The molecule has 0 saturated carbocycles. The van der Waals surface area contributed by atoms with Gasteiger partial charge in [0.15, 0.2) is 0 Å². The third kappa shape index (κ3) is 7.71. The van der Waals surface area contributed by atoms with Gasteiger partial charge in [0, 0.05) is 0 Å². The lowest BCUT2D eigenvalue weighted by atomic mass is 10.2. The molecule has 0 heterocycles. The zero-order valence-corrected chi connectivity index (χ0v) is 9.80. The van der Waals surface area contributed by atoms with Gasteiger partial charge in [-0.15, -0.1) is 0 Å². The summed E-state index contributed by atoms with van der Waals surface area (Å²) in [4.78, 5) is 0. The second kappa shape index (κ2) is 5.78. The first-order chi connectivity index (χ1) is 6.67. The topological polar surface area (TPSA) is 109 Å². The minimum atomic E-state index is -4.16. The van der Waals surface area contributed by atoms with E-state index in [-0.39, 0.29) is 19.3 Å². The van der Waals surface area contributed by atoms with Gasteiger partial charge in [0.05, 0.1) is 11.0 Å². The Kier molecular flexibility index (Phi) is 5.71. The minimum Gasteiger partial charge on any atom is -0.286 e. The first-order valence-electron chi connectivity index (χ1n) is 4.37. The highest BCUT2D eigenvalue weighted by Gasteiger charge is 2.22. The summed E-state index contributed by atoms with van der Waals surface area (Å²) in [6, 6.07) is 0. The van der Waals surface area contributed by atoms with Gasteiger partial charge in [-0.2, -0.15) is 16.8 Å². The van der Waals surface area contributed by atoms with Crippen LogP contribution in [0.15, 0.2) is 0 Å². The van der Waals surface area contributed by atoms with E-state index in [1.54, 1.807) is 0 Å². The van der Waals surface area contributed by atoms with Crippen molar-refractivity contribution in [2.75, 3.05) is 5.75 Å². The Morgan fingerprint density at radius 2 is 1.60 bits per heavy atom. The van der Waals surface area contributed by atoms with Crippen LogP contribution in [-0.4, -0.2) is 36.9 Å². The van der Waals surface area contributed by atoms with Crippen LogP contribution in [0.2, 0.25) is 0 Å². The molecule has 0 aliphatic heterocycles. The Morgan fingerprint density at radius 3 is 1.93 bits per heavy atom. The van der Waals surface area contributed by atoms with Crippen LogP contribution in [-0.2, 0) is 20.2 Å². The van der Waals surface area contributed by atoms with Crippen LogP contribution >= 0.6 is 0 Å². The van der Waals surface area contributed by atoms with E-state index in [4.69, 9.17) is 9.11 Å². The summed E-state index contributed by atoms with van der Waals surface area (Å²) in [6.07, 6.45) is 0.484. The SMILES string of the molecule is [CH2]CCC(CCCS(=O)(=O)O)S(=O)(=O)O. The highest BCUT2D eigenvalue weighted by molar-refractivity contribution is 7.86. The fourth-order valence-corrected chi connectivity index (χ4v) is 2.62. The van der Waals surface area contributed by atoms with E-state index in [1.807, 2.05) is 0 Å². The van der Waals surface area contributed by atoms with E-state index in [2.05, 4.69) is 6.92 Å². The molecule has 2 N–H and O–H groups in total. The van der Waals surface area contributed by atoms with Gasteiger partial charge in [-0.25, -0.2) is 0 Å². The number of hydrogen-bond acceptors (Lipinski definition) is 4. The maximum Gasteiger partial charge on any atom is 0.267 e. The van der Waals surface area contributed by atoms with Gasteiger partial charge >= 0.3 is 0 Å². The fraction of sp³-hybridized carbons (Fsp3) is 0.857. The first-order valence-corrected chi connectivity index (χ1v) is 7.49. The molecule has 91 valence electrons. The smallest absolute Gasteiger partial charge is 0.267 e. The third-order valence-electron chi connectivity index (χ3n) is 1.88. The molecule has 0 saturated heterocycles. The molecule has 0 aromatic rings. The van der Waals surface area contributed by atoms with Crippen molar-refractivity contribution in [2.45, 2.75) is 30.9 Å². The maximum absolute atomic E-state index is 10.8. The number of hydrogen-bond donors (Lipinski definition) is 2. The van der Waals surface area contributed by atoms with E-state index in [0.717, 1.165) is 0 Å². The van der Waals surface area contributed by atoms with Crippen molar-refractivity contribution < 1.29 is 25.9 Å². The monoisotopic (exact) mass is 259 g/mol. The molecular formula is C7H15O6S2. The van der Waals surface area contributed by atoms with E-state index in [9.17, 15) is 16.8 Å². The quantitative estimate of drug-likeness (QED) is 0.645. The van der Waals surface area contributed by atoms with E-state index >= 15 is 0 Å². The zero-order valence-electron chi connectivity index (χ0n) is 8.16. The molecule has 1 radical (unpaired) electrons. The fourth-order valence-electron chi connectivity index (χ4n) is 1.16. The molecule has 0 spiro atoms. The zero-order chi connectivity index (χ0) is 12.1. The van der Waals surface area contributed by atoms with E-state index in [0.29, 0.717) is 6.42 Å². The summed E-state index contributed by atoms with van der Waals surface area (Å²) in [7, 11) is -8.23. The van der Waals surface area contributed by atoms with Crippen molar-refractivity contribution in [1.29, 1.82) is 0 Å². The lowest BCUT2D eigenvalue weighted by Gasteiger charge is -2.11. The van der Waals surface area contributed by atoms with Gasteiger partial charge in [-0.3, -0.25) is 9.11 Å². The molecule has 1 atom stereocenters. The van der Waals surface area contributed by atoms with Crippen LogP contribution in [0.25, 0.3) is 0 Å². The summed E-state index contributed by atoms with van der Waals surface area (Å²) in [5.41, 5.74) is 0. The Labute approximate surface area is 90.2 Å². The van der Waals surface area contributed by atoms with Crippen molar-refractivity contribution in [1.82, 2.24) is 0 Å². The van der Waals surface area contributed by atoms with Gasteiger partial charge in [0.2, 0.25) is 0 Å². The van der Waals surface area contributed by atoms with Crippen molar-refractivity contribution in [3.05, 3.63) is 6.92 Å². The molecule has 0 aromatic carbocycles. The molecule has 0 aromatic heterocycles. The van der Waals surface area contributed by atoms with Crippen LogP contribution in [0.4, 0.5) is 0 Å². The summed E-state index contributed by atoms with van der Waals surface area (Å²) >= 11 is 0. The van der Waals surface area contributed by atoms with Crippen molar-refractivity contribution in [3.63, 3.8) is 0 Å². The molecule has 0 amide bonds. The molecule has 0 bridgehead atoms. The maximum atomic E-state index is 10.8. The second-order valence-corrected chi connectivity index (χ2v) is 6.48. The van der Waals surface area contributed by atoms with E-state index in [1.165, 1.54) is 0 Å². The van der Waals surface area contributed by atoms with Crippen LogP contribution in [0.3, 0.4) is 0 Å². The first kappa shape index (κ1) is 14.8. The lowest BCUT2D eigenvalue weighted by Crippen LogP contribution is -2.21. The Balaban J connectivity index is 4.22. The standard InChI is InChI=1S/C7H15O6S2/c1-2-4-7(15(11,12)13)5-3-6-14(8,9)10/h7H,1-6H2,(H,8,9,10)(H,11,12,13). The highest BCUT2D eigenvalue weighted by Crippen LogP contribution is 2.13. The molecule has 0 aliphatic rings. The summed E-state index contributed by atoms with van der Waals surface area (Å²) in [6.45, 7) is 3.45. The normalized spacial score (nSPS) is 15.1. The molecule has 0 fully saturated rings. The average Bonchev–Trinajstić information content (AvgIpc) is 1.98. The summed E-state index contributed by atoms with van der Waals surface area (Å²) in [5.74, 6) is -0.504. The van der Waals surface area contributed by atoms with Gasteiger partial charge in [-0.1, -0.05) is 13.3 Å². The molecule has 1 unspecified atom stereocenters. The van der Waals surface area contributed by atoms with Crippen LogP contribution in [0.1, 0.15) is 25.7 Å². The Hall–Kier alpha value is -0.180. The van der Waals surface area contributed by atoms with Gasteiger partial charge in [0.25, 0.3) is 20.2 Å². The van der Waals surface area contributed by atoms with Gasteiger partial charge < -0.3 is 0 Å². The van der Waals surface area contributed by atoms with Crippen molar-refractivity contribution >= 4 is 20.2 Å². The predicted octanol–water partition coefficient (Wildman–Crippen LogP) is 0.525. The molecular weight excluding hydrogens is 244 g/mol. The minimum absolute atomic E-state index is 0.00581. The Bertz CT molecular complexity index is 368. The van der Waals surface area contributed by atoms with Crippen LogP contribution < -0.4 is 0 Å². The molecule has 15 heavy (non-hydrogen) atoms. The van der Waals surface area contributed by atoms with Gasteiger partial charge in [-0.05, 0) is 19.3 Å². The molecule has 0 rings (SSSR count). The largest absolute Gasteiger partial charge is 0.286 e. The van der Waals surface area contributed by atoms with Crippen molar-refractivity contribution in [3.8, 4) is 0 Å². The molecule has 8 heteroatoms. The summed E-state index contributed by atoms with van der Waals surface area (Å²) in [5, 5.41) is -1.00. The molecule has 0 aliphatic carbocycles. The number of rotatable bonds is 7.